The van der Waals surface area contributed by atoms with Gasteiger partial charge in [0.25, 0.3) is 11.7 Å². The third-order valence-electron chi connectivity index (χ3n) is 5.94. The Morgan fingerprint density at radius 2 is 2.03 bits per heavy atom. The Balaban J connectivity index is 1.66. The van der Waals surface area contributed by atoms with Crippen molar-refractivity contribution in [3.63, 3.8) is 0 Å². The van der Waals surface area contributed by atoms with E-state index in [4.69, 9.17) is 9.47 Å². The Kier molecular flexibility index (Phi) is 7.00. The van der Waals surface area contributed by atoms with Crippen LogP contribution in [0.15, 0.2) is 48.3 Å². The summed E-state index contributed by atoms with van der Waals surface area (Å²) >= 11 is 0. The van der Waals surface area contributed by atoms with Crippen LogP contribution in [0.2, 0.25) is 0 Å². The average molecular weight is 455 g/mol. The Morgan fingerprint density at radius 1 is 1.24 bits per heavy atom. The van der Waals surface area contributed by atoms with E-state index in [1.807, 2.05) is 0 Å². The van der Waals surface area contributed by atoms with E-state index in [0.717, 1.165) is 25.7 Å². The first-order chi connectivity index (χ1) is 16.0. The number of pyridine rings is 1. The zero-order valence-electron chi connectivity index (χ0n) is 18.4. The number of aliphatic hydroxyl groups excluding tert-OH is 1. The molecule has 174 valence electrons. The smallest absolute Gasteiger partial charge is 0.295 e. The highest BCUT2D eigenvalue weighted by atomic mass is 19.1. The van der Waals surface area contributed by atoms with E-state index in [2.05, 4.69) is 9.88 Å². The van der Waals surface area contributed by atoms with Crippen molar-refractivity contribution in [1.29, 1.82) is 0 Å². The highest BCUT2D eigenvalue weighted by molar-refractivity contribution is 6.46. The van der Waals surface area contributed by atoms with Gasteiger partial charge in [0, 0.05) is 44.1 Å². The van der Waals surface area contributed by atoms with Crippen molar-refractivity contribution in [3.8, 4) is 5.75 Å². The Hall–Kier alpha value is -3.30. The first-order valence-electron chi connectivity index (χ1n) is 10.8. The predicted octanol–water partition coefficient (Wildman–Crippen LogP) is 2.37. The number of ether oxygens (including phenoxy) is 2. The SMILES string of the molecule is COc1ccc(C(O)=C2C(=O)C(=O)N(CCCN3CCOCC3)C2c2cccnc2)cc1F. The number of carbonyl (C=O) groups excluding carboxylic acids is 2. The van der Waals surface area contributed by atoms with Gasteiger partial charge in [-0.3, -0.25) is 19.5 Å². The number of morpholine rings is 1. The van der Waals surface area contributed by atoms with E-state index in [0.29, 0.717) is 31.7 Å². The number of aromatic nitrogens is 1. The molecule has 0 bridgehead atoms. The van der Waals surface area contributed by atoms with Gasteiger partial charge in [0.15, 0.2) is 11.6 Å². The number of likely N-dealkylation sites (tertiary alicyclic amines) is 1. The number of ketones is 1. The van der Waals surface area contributed by atoms with Crippen LogP contribution >= 0.6 is 0 Å². The lowest BCUT2D eigenvalue weighted by Crippen LogP contribution is -2.39. The van der Waals surface area contributed by atoms with E-state index in [1.54, 1.807) is 24.5 Å². The lowest BCUT2D eigenvalue weighted by molar-refractivity contribution is -0.140. The number of hydrogen-bond acceptors (Lipinski definition) is 7. The maximum Gasteiger partial charge on any atom is 0.295 e. The summed E-state index contributed by atoms with van der Waals surface area (Å²) in [7, 11) is 1.34. The Labute approximate surface area is 191 Å². The topological polar surface area (TPSA) is 92.2 Å². The van der Waals surface area contributed by atoms with Crippen LogP contribution in [0.4, 0.5) is 4.39 Å². The fourth-order valence-corrected chi connectivity index (χ4v) is 4.25. The van der Waals surface area contributed by atoms with Crippen LogP contribution in [0.25, 0.3) is 5.76 Å². The van der Waals surface area contributed by atoms with Crippen molar-refractivity contribution in [2.24, 2.45) is 0 Å². The number of rotatable bonds is 7. The summed E-state index contributed by atoms with van der Waals surface area (Å²) in [6.45, 7) is 4.10. The largest absolute Gasteiger partial charge is 0.507 e. The number of aliphatic hydroxyl groups is 1. The van der Waals surface area contributed by atoms with Crippen molar-refractivity contribution in [1.82, 2.24) is 14.8 Å². The summed E-state index contributed by atoms with van der Waals surface area (Å²) in [5.74, 6) is -2.59. The van der Waals surface area contributed by atoms with Crippen molar-refractivity contribution in [3.05, 3.63) is 65.2 Å². The van der Waals surface area contributed by atoms with E-state index < -0.39 is 29.3 Å². The fourth-order valence-electron chi connectivity index (χ4n) is 4.25. The molecule has 2 aliphatic rings. The maximum atomic E-state index is 14.3. The van der Waals surface area contributed by atoms with Crippen LogP contribution in [-0.2, 0) is 14.3 Å². The Bertz CT molecular complexity index is 1050. The van der Waals surface area contributed by atoms with Gasteiger partial charge in [-0.05, 0) is 36.2 Å². The van der Waals surface area contributed by atoms with Crippen LogP contribution in [0.5, 0.6) is 5.75 Å². The number of halogens is 1. The van der Waals surface area contributed by atoms with Gasteiger partial charge in [0.1, 0.15) is 5.76 Å². The molecule has 8 nitrogen and oxygen atoms in total. The molecule has 9 heteroatoms. The molecule has 1 N–H and O–H groups in total. The minimum atomic E-state index is -0.812. The lowest BCUT2D eigenvalue weighted by atomic mass is 9.96. The van der Waals surface area contributed by atoms with Gasteiger partial charge in [-0.15, -0.1) is 0 Å². The van der Waals surface area contributed by atoms with E-state index in [-0.39, 0.29) is 16.9 Å². The average Bonchev–Trinajstić information content (AvgIpc) is 3.10. The van der Waals surface area contributed by atoms with E-state index in [1.165, 1.54) is 24.1 Å². The molecule has 33 heavy (non-hydrogen) atoms. The van der Waals surface area contributed by atoms with Gasteiger partial charge in [0.05, 0.1) is 31.9 Å². The zero-order valence-corrected chi connectivity index (χ0v) is 18.4. The molecule has 0 aliphatic carbocycles. The molecule has 2 aliphatic heterocycles. The number of nitrogens with zero attached hydrogens (tertiary/aromatic N) is 3. The summed E-state index contributed by atoms with van der Waals surface area (Å²) in [5, 5.41) is 11.0. The van der Waals surface area contributed by atoms with Crippen molar-refractivity contribution >= 4 is 17.4 Å². The van der Waals surface area contributed by atoms with E-state index >= 15 is 0 Å². The number of methoxy groups -OCH3 is 1. The predicted molar refractivity (Wildman–Crippen MR) is 118 cm³/mol. The molecule has 2 aromatic rings. The van der Waals surface area contributed by atoms with Gasteiger partial charge < -0.3 is 19.5 Å². The number of Topliss-reactive ketones (excluding diaryl/α,β-unsaturated/α-hetero) is 1. The summed E-state index contributed by atoms with van der Waals surface area (Å²) < 4.78 is 24.6. The maximum absolute atomic E-state index is 14.3. The van der Waals surface area contributed by atoms with Crippen molar-refractivity contribution in [2.75, 3.05) is 46.5 Å². The molecule has 1 amide bonds. The fraction of sp³-hybridized carbons (Fsp3) is 0.375. The standard InChI is InChI=1S/C24H26FN3O5/c1-32-19-6-5-16(14-18(19)25)22(29)20-21(17-4-2-7-26-15-17)28(24(31)23(20)30)9-3-8-27-10-12-33-13-11-27/h2,4-7,14-15,21,29H,3,8-13H2,1H3. The second kappa shape index (κ2) is 10.1. The third kappa shape index (κ3) is 4.74. The van der Waals surface area contributed by atoms with Crippen LogP contribution in [-0.4, -0.2) is 78.1 Å². The van der Waals surface area contributed by atoms with Crippen LogP contribution in [0.1, 0.15) is 23.6 Å². The summed E-state index contributed by atoms with van der Waals surface area (Å²) in [6.07, 6.45) is 3.81. The zero-order chi connectivity index (χ0) is 23.4. The number of carbonyl (C=O) groups is 2. The molecule has 4 rings (SSSR count). The van der Waals surface area contributed by atoms with Gasteiger partial charge in [-0.2, -0.15) is 0 Å². The van der Waals surface area contributed by atoms with Gasteiger partial charge in [-0.25, -0.2) is 4.39 Å². The molecule has 0 saturated carbocycles. The number of benzene rings is 1. The second-order valence-corrected chi connectivity index (χ2v) is 7.94. The molecule has 1 atom stereocenters. The van der Waals surface area contributed by atoms with Gasteiger partial charge in [-0.1, -0.05) is 6.07 Å². The second-order valence-electron chi connectivity index (χ2n) is 7.94. The summed E-state index contributed by atoms with van der Waals surface area (Å²) in [4.78, 5) is 33.8. The molecular formula is C24H26FN3O5. The molecule has 2 saturated heterocycles. The summed E-state index contributed by atoms with van der Waals surface area (Å²) in [6, 6.07) is 6.54. The van der Waals surface area contributed by atoms with Crippen LogP contribution in [0.3, 0.4) is 0 Å². The molecule has 1 aromatic heterocycles. The van der Waals surface area contributed by atoms with E-state index in [9.17, 15) is 19.1 Å². The van der Waals surface area contributed by atoms with Gasteiger partial charge >= 0.3 is 0 Å². The first kappa shape index (κ1) is 22.9. The minimum Gasteiger partial charge on any atom is -0.507 e. The molecule has 1 unspecified atom stereocenters. The first-order valence-corrected chi connectivity index (χ1v) is 10.8. The molecule has 2 fully saturated rings. The third-order valence-corrected chi connectivity index (χ3v) is 5.94. The normalized spacial score (nSPS) is 20.9. The quantitative estimate of drug-likeness (QED) is 0.389. The van der Waals surface area contributed by atoms with Crippen LogP contribution in [0, 0.1) is 5.82 Å². The highest BCUT2D eigenvalue weighted by Gasteiger charge is 2.46. The number of hydrogen-bond donors (Lipinski definition) is 1. The summed E-state index contributed by atoms with van der Waals surface area (Å²) in [5.41, 5.74) is 0.607. The van der Waals surface area contributed by atoms with Crippen molar-refractivity contribution < 1.29 is 28.6 Å². The van der Waals surface area contributed by atoms with Crippen LogP contribution < -0.4 is 4.74 Å². The van der Waals surface area contributed by atoms with Gasteiger partial charge in [0.2, 0.25) is 0 Å². The highest BCUT2D eigenvalue weighted by Crippen LogP contribution is 2.39. The lowest BCUT2D eigenvalue weighted by Gasteiger charge is -2.29. The molecule has 1 aromatic carbocycles. The molecule has 0 spiro atoms. The Morgan fingerprint density at radius 3 is 2.70 bits per heavy atom. The minimum absolute atomic E-state index is 0.0129. The molecular weight excluding hydrogens is 429 g/mol. The molecule has 0 radical (unpaired) electrons. The molecule has 3 heterocycles. The monoisotopic (exact) mass is 455 g/mol. The number of amides is 1. The van der Waals surface area contributed by atoms with Crippen molar-refractivity contribution in [2.45, 2.75) is 12.5 Å².